The Balaban J connectivity index is 1.60. The van der Waals surface area contributed by atoms with Crippen LogP contribution in [0.3, 0.4) is 0 Å². The third-order valence-electron chi connectivity index (χ3n) is 6.60. The maximum absolute atomic E-state index is 5.89. The Bertz CT molecular complexity index is 482. The van der Waals surface area contributed by atoms with Crippen LogP contribution >= 0.6 is 0 Å². The van der Waals surface area contributed by atoms with E-state index in [1.54, 1.807) is 0 Å². The molecule has 2 heteroatoms. The topological polar surface area (TPSA) is 18.5 Å². The van der Waals surface area contributed by atoms with Gasteiger partial charge in [0.15, 0.2) is 5.60 Å². The monoisotopic (exact) mass is 270 g/mol. The molecule has 0 spiro atoms. The summed E-state index contributed by atoms with van der Waals surface area (Å²) in [5.74, 6) is 2.85. The molecule has 6 rings (SSSR count). The van der Waals surface area contributed by atoms with E-state index < -0.39 is 0 Å². The van der Waals surface area contributed by atoms with Crippen LogP contribution in [0.15, 0.2) is 30.3 Å². The van der Waals surface area contributed by atoms with Crippen molar-refractivity contribution in [1.82, 2.24) is 0 Å². The van der Waals surface area contributed by atoms with Crippen molar-refractivity contribution in [2.75, 3.05) is 6.61 Å². The smallest absolute Gasteiger partial charge is 0.160 e. The van der Waals surface area contributed by atoms with Crippen LogP contribution in [0.2, 0.25) is 0 Å². The molecule has 0 amide bonds. The predicted molar refractivity (Wildman–Crippen MR) is 75.8 cm³/mol. The van der Waals surface area contributed by atoms with Crippen LogP contribution in [-0.4, -0.2) is 6.61 Å². The van der Waals surface area contributed by atoms with Gasteiger partial charge in [-0.1, -0.05) is 30.3 Å². The van der Waals surface area contributed by atoms with Gasteiger partial charge in [-0.3, -0.25) is 0 Å². The first kappa shape index (κ1) is 11.8. The van der Waals surface area contributed by atoms with E-state index in [2.05, 4.69) is 30.3 Å². The van der Waals surface area contributed by atoms with Crippen LogP contribution in [0.25, 0.3) is 0 Å². The zero-order valence-electron chi connectivity index (χ0n) is 11.9. The summed E-state index contributed by atoms with van der Waals surface area (Å²) in [7, 11) is 0. The van der Waals surface area contributed by atoms with E-state index in [1.807, 2.05) is 0 Å². The fraction of sp³-hybridized carbons (Fsp3) is 0.667. The van der Waals surface area contributed by atoms with Crippen LogP contribution in [0.4, 0.5) is 0 Å². The van der Waals surface area contributed by atoms with Crippen molar-refractivity contribution in [3.8, 4) is 0 Å². The van der Waals surface area contributed by atoms with Gasteiger partial charge >= 0.3 is 0 Å². The molecule has 0 radical (unpaired) electrons. The second-order valence-corrected chi connectivity index (χ2v) is 7.74. The van der Waals surface area contributed by atoms with Crippen molar-refractivity contribution in [3.05, 3.63) is 35.9 Å². The highest BCUT2D eigenvalue weighted by Crippen LogP contribution is 2.68. The molecule has 1 unspecified atom stereocenters. The molecule has 1 saturated heterocycles. The van der Waals surface area contributed by atoms with E-state index >= 15 is 0 Å². The summed E-state index contributed by atoms with van der Waals surface area (Å²) >= 11 is 0. The normalized spacial score (nSPS) is 49.1. The predicted octanol–water partition coefficient (Wildman–Crippen LogP) is 4.06. The number of hydrogen-bond acceptors (Lipinski definition) is 2. The molecule has 4 saturated carbocycles. The molecule has 4 bridgehead atoms. The van der Waals surface area contributed by atoms with E-state index in [0.717, 1.165) is 24.4 Å². The third-order valence-corrected chi connectivity index (χ3v) is 6.60. The second-order valence-electron chi connectivity index (χ2n) is 7.74. The average Bonchev–Trinajstić information content (AvgIpc) is 2.36. The highest BCUT2D eigenvalue weighted by atomic mass is 17.2. The summed E-state index contributed by atoms with van der Waals surface area (Å²) < 4.78 is 0. The van der Waals surface area contributed by atoms with Crippen molar-refractivity contribution in [1.29, 1.82) is 0 Å². The lowest BCUT2D eigenvalue weighted by Gasteiger charge is -2.64. The number of rotatable bonds is 2. The summed E-state index contributed by atoms with van der Waals surface area (Å²) in [5, 5.41) is 0. The average molecular weight is 270 g/mol. The Kier molecular flexibility index (Phi) is 2.27. The highest BCUT2D eigenvalue weighted by molar-refractivity contribution is 5.29. The molecule has 1 aromatic rings. The summed E-state index contributed by atoms with van der Waals surface area (Å²) in [6.07, 6.45) is 8.51. The lowest BCUT2D eigenvalue weighted by molar-refractivity contribution is -0.513. The van der Waals surface area contributed by atoms with Crippen LogP contribution in [0, 0.1) is 23.2 Å². The summed E-state index contributed by atoms with van der Waals surface area (Å²) in [4.78, 5) is 11.2. The first-order chi connectivity index (χ1) is 9.80. The van der Waals surface area contributed by atoms with E-state index in [0.29, 0.717) is 5.41 Å². The van der Waals surface area contributed by atoms with Crippen molar-refractivity contribution >= 4 is 0 Å². The Morgan fingerprint density at radius 1 is 0.850 bits per heavy atom. The standard InChI is InChI=1S/C18H22O2/c1-2-4-16(5-3-1)18(12-19-20-18)17-9-13-6-14(10-17)8-15(7-13)11-17/h1-5,13-15H,6-12H2. The fourth-order valence-electron chi connectivity index (χ4n) is 6.17. The molecule has 0 N–H and O–H groups in total. The molecule has 0 aromatic heterocycles. The van der Waals surface area contributed by atoms with Crippen LogP contribution < -0.4 is 0 Å². The molecule has 1 heterocycles. The van der Waals surface area contributed by atoms with E-state index in [9.17, 15) is 0 Å². The molecule has 1 aliphatic heterocycles. The minimum absolute atomic E-state index is 0.149. The minimum Gasteiger partial charge on any atom is -0.232 e. The summed E-state index contributed by atoms with van der Waals surface area (Å²) in [6, 6.07) is 10.8. The van der Waals surface area contributed by atoms with Crippen LogP contribution in [0.1, 0.15) is 44.1 Å². The van der Waals surface area contributed by atoms with E-state index in [-0.39, 0.29) is 5.60 Å². The molecular formula is C18H22O2. The van der Waals surface area contributed by atoms with Gasteiger partial charge in [-0.15, -0.1) is 0 Å². The Morgan fingerprint density at radius 3 is 1.85 bits per heavy atom. The second kappa shape index (κ2) is 3.86. The largest absolute Gasteiger partial charge is 0.232 e. The molecule has 20 heavy (non-hydrogen) atoms. The van der Waals surface area contributed by atoms with Crippen molar-refractivity contribution in [2.24, 2.45) is 23.2 Å². The Morgan fingerprint density at radius 2 is 1.40 bits per heavy atom. The van der Waals surface area contributed by atoms with Gasteiger partial charge < -0.3 is 0 Å². The maximum atomic E-state index is 5.89. The molecule has 2 nitrogen and oxygen atoms in total. The van der Waals surface area contributed by atoms with Gasteiger partial charge in [-0.05, 0) is 61.8 Å². The number of hydrogen-bond donors (Lipinski definition) is 0. The lowest BCUT2D eigenvalue weighted by atomic mass is 9.44. The molecule has 5 aliphatic rings. The SMILES string of the molecule is c1ccc(C2(C34CC5CC(CC(C5)C3)C4)COO2)cc1. The molecule has 1 atom stereocenters. The van der Waals surface area contributed by atoms with Gasteiger partial charge in [0.25, 0.3) is 0 Å². The van der Waals surface area contributed by atoms with Crippen molar-refractivity contribution in [3.63, 3.8) is 0 Å². The van der Waals surface area contributed by atoms with Crippen molar-refractivity contribution in [2.45, 2.75) is 44.1 Å². The Hall–Kier alpha value is -0.860. The molecule has 5 fully saturated rings. The maximum Gasteiger partial charge on any atom is 0.160 e. The number of benzene rings is 1. The van der Waals surface area contributed by atoms with E-state index in [1.165, 1.54) is 44.1 Å². The van der Waals surface area contributed by atoms with Gasteiger partial charge in [-0.25, -0.2) is 9.78 Å². The molecule has 106 valence electrons. The van der Waals surface area contributed by atoms with E-state index in [4.69, 9.17) is 9.78 Å². The van der Waals surface area contributed by atoms with Gasteiger partial charge in [0.05, 0.1) is 0 Å². The van der Waals surface area contributed by atoms with Gasteiger partial charge in [0.1, 0.15) is 6.61 Å². The van der Waals surface area contributed by atoms with Gasteiger partial charge in [-0.2, -0.15) is 0 Å². The zero-order chi connectivity index (χ0) is 13.2. The van der Waals surface area contributed by atoms with Gasteiger partial charge in [0.2, 0.25) is 0 Å². The first-order valence-electron chi connectivity index (χ1n) is 8.16. The quantitative estimate of drug-likeness (QED) is 0.754. The minimum atomic E-state index is -0.149. The van der Waals surface area contributed by atoms with Crippen LogP contribution in [0.5, 0.6) is 0 Å². The summed E-state index contributed by atoms with van der Waals surface area (Å²) in [6.45, 7) is 0.753. The lowest BCUT2D eigenvalue weighted by Crippen LogP contribution is -2.63. The Labute approximate surface area is 120 Å². The van der Waals surface area contributed by atoms with Crippen LogP contribution in [-0.2, 0) is 15.4 Å². The fourth-order valence-corrected chi connectivity index (χ4v) is 6.17. The zero-order valence-corrected chi connectivity index (χ0v) is 11.9. The third kappa shape index (κ3) is 1.37. The van der Waals surface area contributed by atoms with Crippen molar-refractivity contribution < 1.29 is 9.78 Å². The molecular weight excluding hydrogens is 248 g/mol. The highest BCUT2D eigenvalue weighted by Gasteiger charge is 2.65. The first-order valence-corrected chi connectivity index (χ1v) is 8.16. The molecule has 1 aromatic carbocycles. The summed E-state index contributed by atoms with van der Waals surface area (Å²) in [5.41, 5.74) is 1.54. The van der Waals surface area contributed by atoms with Gasteiger partial charge in [0, 0.05) is 5.41 Å². The molecule has 4 aliphatic carbocycles.